The minimum Gasteiger partial charge on any atom is -0.507 e. The lowest BCUT2D eigenvalue weighted by atomic mass is 9.96. The second kappa shape index (κ2) is 5.92. The third kappa shape index (κ3) is 2.91. The van der Waals surface area contributed by atoms with Gasteiger partial charge in [0.1, 0.15) is 5.75 Å². The van der Waals surface area contributed by atoms with E-state index in [1.54, 1.807) is 6.07 Å². The van der Waals surface area contributed by atoms with E-state index in [2.05, 4.69) is 29.4 Å². The van der Waals surface area contributed by atoms with Crippen LogP contribution in [0.25, 0.3) is 11.3 Å². The standard InChI is InChI=1S/C14H19BN4O/c1-8(2)9-5-10(11-3-4-14(15)19-18-11)13(20)6-12(9)17-7-16/h3-6,8,17,20H,7,15-16H2,1-2H3. The molecule has 104 valence electrons. The lowest BCUT2D eigenvalue weighted by Crippen LogP contribution is -2.13. The smallest absolute Gasteiger partial charge is 0.166 e. The van der Waals surface area contributed by atoms with Crippen LogP contribution in [-0.2, 0) is 0 Å². The maximum absolute atomic E-state index is 10.2. The summed E-state index contributed by atoms with van der Waals surface area (Å²) in [6.45, 7) is 4.51. The van der Waals surface area contributed by atoms with E-state index in [1.165, 1.54) is 0 Å². The van der Waals surface area contributed by atoms with Crippen LogP contribution in [0.5, 0.6) is 5.75 Å². The van der Waals surface area contributed by atoms with Gasteiger partial charge in [0.25, 0.3) is 0 Å². The molecule has 1 heterocycles. The van der Waals surface area contributed by atoms with E-state index in [9.17, 15) is 5.11 Å². The van der Waals surface area contributed by atoms with Gasteiger partial charge in [-0.2, -0.15) is 10.2 Å². The average Bonchev–Trinajstić information content (AvgIpc) is 2.40. The van der Waals surface area contributed by atoms with Crippen molar-refractivity contribution in [2.75, 3.05) is 12.0 Å². The molecule has 0 fully saturated rings. The normalized spacial score (nSPS) is 10.8. The fourth-order valence-electron chi connectivity index (χ4n) is 2.09. The van der Waals surface area contributed by atoms with Crippen molar-refractivity contribution in [3.05, 3.63) is 29.8 Å². The molecule has 0 atom stereocenters. The van der Waals surface area contributed by atoms with E-state index < -0.39 is 0 Å². The number of nitrogens with two attached hydrogens (primary N) is 1. The topological polar surface area (TPSA) is 84.1 Å². The molecule has 0 saturated carbocycles. The van der Waals surface area contributed by atoms with Gasteiger partial charge in [-0.15, -0.1) is 0 Å². The van der Waals surface area contributed by atoms with Crippen LogP contribution < -0.4 is 16.6 Å². The van der Waals surface area contributed by atoms with Gasteiger partial charge in [0, 0.05) is 22.9 Å². The fraction of sp³-hybridized carbons (Fsp3) is 0.286. The zero-order chi connectivity index (χ0) is 14.7. The minimum absolute atomic E-state index is 0.170. The molecule has 0 aliphatic rings. The number of nitrogens with one attached hydrogen (secondary N) is 1. The minimum atomic E-state index is 0.170. The summed E-state index contributed by atoms with van der Waals surface area (Å²) in [5.74, 6) is 0.477. The maximum atomic E-state index is 10.2. The van der Waals surface area contributed by atoms with Gasteiger partial charge in [-0.25, -0.2) is 0 Å². The van der Waals surface area contributed by atoms with E-state index >= 15 is 0 Å². The van der Waals surface area contributed by atoms with Crippen LogP contribution in [-0.4, -0.2) is 29.8 Å². The van der Waals surface area contributed by atoms with Crippen molar-refractivity contribution in [1.82, 2.24) is 10.2 Å². The predicted molar refractivity (Wildman–Crippen MR) is 84.1 cm³/mol. The van der Waals surface area contributed by atoms with Crippen LogP contribution in [0.15, 0.2) is 24.3 Å². The number of rotatable bonds is 4. The van der Waals surface area contributed by atoms with E-state index in [-0.39, 0.29) is 5.75 Å². The van der Waals surface area contributed by atoms with Gasteiger partial charge in [-0.1, -0.05) is 13.8 Å². The Hall–Kier alpha value is -2.08. The Morgan fingerprint density at radius 3 is 2.60 bits per heavy atom. The zero-order valence-corrected chi connectivity index (χ0v) is 12.0. The highest BCUT2D eigenvalue weighted by atomic mass is 16.3. The third-order valence-electron chi connectivity index (χ3n) is 3.16. The van der Waals surface area contributed by atoms with Crippen molar-refractivity contribution >= 4 is 19.1 Å². The lowest BCUT2D eigenvalue weighted by molar-refractivity contribution is 0.477. The summed E-state index contributed by atoms with van der Waals surface area (Å²) in [5.41, 5.74) is 9.66. The quantitative estimate of drug-likeness (QED) is 0.558. The van der Waals surface area contributed by atoms with E-state index in [1.807, 2.05) is 26.0 Å². The summed E-state index contributed by atoms with van der Waals surface area (Å²) in [6.07, 6.45) is 0. The molecule has 0 radical (unpaired) electrons. The molecule has 4 N–H and O–H groups in total. The number of aromatic nitrogens is 2. The number of phenolic OH excluding ortho intramolecular Hbond substituents is 1. The Morgan fingerprint density at radius 1 is 1.30 bits per heavy atom. The van der Waals surface area contributed by atoms with Crippen LogP contribution in [0.2, 0.25) is 0 Å². The first-order chi connectivity index (χ1) is 9.52. The van der Waals surface area contributed by atoms with Crippen molar-refractivity contribution in [3.63, 3.8) is 0 Å². The summed E-state index contributed by atoms with van der Waals surface area (Å²) in [5, 5.41) is 21.4. The van der Waals surface area contributed by atoms with E-state index in [0.717, 1.165) is 16.8 Å². The molecule has 0 bridgehead atoms. The van der Waals surface area contributed by atoms with Gasteiger partial charge in [0.2, 0.25) is 0 Å². The van der Waals surface area contributed by atoms with Crippen LogP contribution in [0, 0.1) is 0 Å². The van der Waals surface area contributed by atoms with Gasteiger partial charge < -0.3 is 16.2 Å². The molecule has 2 rings (SSSR count). The van der Waals surface area contributed by atoms with E-state index in [4.69, 9.17) is 5.73 Å². The second-order valence-corrected chi connectivity index (χ2v) is 5.05. The molecule has 5 nitrogen and oxygen atoms in total. The summed E-state index contributed by atoms with van der Waals surface area (Å²) < 4.78 is 0. The molecular weight excluding hydrogens is 251 g/mol. The van der Waals surface area contributed by atoms with Gasteiger partial charge in [0.15, 0.2) is 7.85 Å². The molecule has 0 aliphatic carbocycles. The van der Waals surface area contributed by atoms with Gasteiger partial charge in [-0.05, 0) is 29.7 Å². The van der Waals surface area contributed by atoms with E-state index in [0.29, 0.717) is 23.8 Å². The SMILES string of the molecule is Bc1ccc(-c2cc(C(C)C)c(NCN)cc2O)nn1. The van der Waals surface area contributed by atoms with Crippen molar-refractivity contribution in [1.29, 1.82) is 0 Å². The number of phenols is 1. The maximum Gasteiger partial charge on any atom is 0.166 e. The number of aromatic hydroxyl groups is 1. The highest BCUT2D eigenvalue weighted by molar-refractivity contribution is 6.30. The molecule has 0 unspecified atom stereocenters. The highest BCUT2D eigenvalue weighted by Gasteiger charge is 2.14. The molecular formula is C14H19BN4O. The Balaban J connectivity index is 2.54. The summed E-state index contributed by atoms with van der Waals surface area (Å²) in [4.78, 5) is 0. The predicted octanol–water partition coefficient (Wildman–Crippen LogP) is 0.559. The summed E-state index contributed by atoms with van der Waals surface area (Å²) in [6, 6.07) is 7.37. The Morgan fingerprint density at radius 2 is 2.05 bits per heavy atom. The molecule has 2 aromatic rings. The second-order valence-electron chi connectivity index (χ2n) is 5.05. The molecule has 20 heavy (non-hydrogen) atoms. The molecule has 0 aliphatic heterocycles. The highest BCUT2D eigenvalue weighted by Crippen LogP contribution is 2.36. The molecule has 6 heteroatoms. The number of nitrogens with zero attached hydrogens (tertiary/aromatic N) is 2. The molecule has 1 aromatic carbocycles. The monoisotopic (exact) mass is 270 g/mol. The summed E-state index contributed by atoms with van der Waals surface area (Å²) >= 11 is 0. The molecule has 0 spiro atoms. The number of hydrogen-bond acceptors (Lipinski definition) is 5. The van der Waals surface area contributed by atoms with Crippen LogP contribution >= 0.6 is 0 Å². The van der Waals surface area contributed by atoms with Crippen LogP contribution in [0.1, 0.15) is 25.3 Å². The average molecular weight is 270 g/mol. The van der Waals surface area contributed by atoms with Crippen LogP contribution in [0.3, 0.4) is 0 Å². The molecule has 0 saturated heterocycles. The zero-order valence-electron chi connectivity index (χ0n) is 12.0. The van der Waals surface area contributed by atoms with Gasteiger partial charge >= 0.3 is 0 Å². The van der Waals surface area contributed by atoms with Gasteiger partial charge in [-0.3, -0.25) is 0 Å². The first kappa shape index (κ1) is 14.3. The first-order valence-corrected chi connectivity index (χ1v) is 6.64. The summed E-state index contributed by atoms with van der Waals surface area (Å²) in [7, 11) is 1.88. The lowest BCUT2D eigenvalue weighted by Gasteiger charge is -2.16. The Kier molecular flexibility index (Phi) is 4.24. The molecule has 0 amide bonds. The van der Waals surface area contributed by atoms with Crippen molar-refractivity contribution < 1.29 is 5.11 Å². The van der Waals surface area contributed by atoms with Crippen molar-refractivity contribution in [3.8, 4) is 17.0 Å². The van der Waals surface area contributed by atoms with Gasteiger partial charge in [0.05, 0.1) is 12.4 Å². The third-order valence-corrected chi connectivity index (χ3v) is 3.16. The molecule has 1 aromatic heterocycles. The van der Waals surface area contributed by atoms with Crippen LogP contribution in [0.4, 0.5) is 5.69 Å². The first-order valence-electron chi connectivity index (χ1n) is 6.64. The number of hydrogen-bond donors (Lipinski definition) is 3. The van der Waals surface area contributed by atoms with Crippen molar-refractivity contribution in [2.45, 2.75) is 19.8 Å². The fourth-order valence-corrected chi connectivity index (χ4v) is 2.09. The Labute approximate surface area is 119 Å². The number of anilines is 1. The van der Waals surface area contributed by atoms with Crippen molar-refractivity contribution in [2.24, 2.45) is 5.73 Å². The largest absolute Gasteiger partial charge is 0.507 e. The Bertz CT molecular complexity index is 599. The number of benzene rings is 1.